The number of para-hydroxylation sites is 2. The number of nitrogen functional groups attached to an aromatic ring is 2. The Morgan fingerprint density at radius 3 is 2.29 bits per heavy atom. The summed E-state index contributed by atoms with van der Waals surface area (Å²) in [7, 11) is 0. The van der Waals surface area contributed by atoms with Gasteiger partial charge < -0.3 is 22.1 Å². The maximum absolute atomic E-state index is 12.5. The number of nitrogens with zero attached hydrogens (tertiary/aromatic N) is 4. The maximum Gasteiger partial charge on any atom is 0.230 e. The van der Waals surface area contributed by atoms with E-state index in [1.54, 1.807) is 12.1 Å². The minimum Gasteiger partial charge on any atom is -0.398 e. The lowest BCUT2D eigenvalue weighted by Crippen LogP contribution is -2.38. The highest BCUT2D eigenvalue weighted by atomic mass is 32.2. The zero-order valence-electron chi connectivity index (χ0n) is 20.6. The fraction of sp³-hybridized carbons (Fsp3) is 0.320. The molecular weight excluding hydrogens is 522 g/mol. The summed E-state index contributed by atoms with van der Waals surface area (Å²) in [5.74, 6) is -0.118. The lowest BCUT2D eigenvalue weighted by molar-refractivity contribution is -0.119. The number of carbonyl (C=O) groups is 2. The van der Waals surface area contributed by atoms with Crippen molar-refractivity contribution in [2.45, 2.75) is 50.5 Å². The Balaban J connectivity index is 1.11. The summed E-state index contributed by atoms with van der Waals surface area (Å²) in [5.41, 5.74) is 17.7. The first-order chi connectivity index (χ1) is 18.4. The van der Waals surface area contributed by atoms with Gasteiger partial charge in [0.25, 0.3) is 0 Å². The average Bonchev–Trinajstić information content (AvgIpc) is 3.57. The van der Waals surface area contributed by atoms with E-state index in [4.69, 9.17) is 11.5 Å². The number of hydrazone groups is 1. The number of nitrogens with two attached hydrogens (primary N) is 2. The summed E-state index contributed by atoms with van der Waals surface area (Å²) >= 11 is 2.79. The van der Waals surface area contributed by atoms with Crippen LogP contribution in [0.1, 0.15) is 47.7 Å². The number of benzene rings is 2. The highest BCUT2D eigenvalue weighted by Gasteiger charge is 2.33. The van der Waals surface area contributed by atoms with Gasteiger partial charge in [-0.05, 0) is 42.5 Å². The van der Waals surface area contributed by atoms with Crippen molar-refractivity contribution in [1.82, 2.24) is 25.5 Å². The lowest BCUT2D eigenvalue weighted by Gasteiger charge is -2.32. The Labute approximate surface area is 228 Å². The minimum atomic E-state index is -0.175. The number of nitrogens with one attached hydrogen (secondary N) is 3. The van der Waals surface area contributed by atoms with Gasteiger partial charge in [0.2, 0.25) is 22.1 Å². The third kappa shape index (κ3) is 6.41. The van der Waals surface area contributed by atoms with Crippen molar-refractivity contribution in [2.75, 3.05) is 16.8 Å². The van der Waals surface area contributed by atoms with Crippen molar-refractivity contribution < 1.29 is 9.59 Å². The molecule has 0 spiro atoms. The molecule has 1 saturated carbocycles. The third-order valence-corrected chi connectivity index (χ3v) is 8.45. The van der Waals surface area contributed by atoms with Crippen molar-refractivity contribution in [1.29, 1.82) is 0 Å². The number of hydrazine groups is 1. The normalized spacial score (nSPS) is 19.4. The van der Waals surface area contributed by atoms with Crippen LogP contribution in [-0.2, 0) is 22.4 Å². The predicted octanol–water partition coefficient (Wildman–Crippen LogP) is 3.01. The molecule has 198 valence electrons. The van der Waals surface area contributed by atoms with Crippen LogP contribution in [0.5, 0.6) is 0 Å². The molecule has 13 heteroatoms. The molecule has 7 N–H and O–H groups in total. The topological polar surface area (TPSA) is 164 Å². The molecule has 1 fully saturated rings. The van der Waals surface area contributed by atoms with Gasteiger partial charge in [-0.2, -0.15) is 0 Å². The fourth-order valence-corrected chi connectivity index (χ4v) is 6.31. The van der Waals surface area contributed by atoms with Crippen molar-refractivity contribution >= 4 is 56.8 Å². The largest absolute Gasteiger partial charge is 0.398 e. The number of hydrogen-bond donors (Lipinski definition) is 5. The Hall–Kier alpha value is -3.68. The van der Waals surface area contributed by atoms with E-state index in [-0.39, 0.29) is 36.6 Å². The van der Waals surface area contributed by atoms with Gasteiger partial charge in [-0.1, -0.05) is 54.2 Å². The van der Waals surface area contributed by atoms with E-state index in [1.807, 2.05) is 40.8 Å². The summed E-state index contributed by atoms with van der Waals surface area (Å²) in [6, 6.07) is 14.8. The molecule has 1 aliphatic carbocycles. The Morgan fingerprint density at radius 2 is 1.61 bits per heavy atom. The standard InChI is InChI=1S/C25H29N9O2S2/c26-19-10-3-1-6-15(19)13-21(35)28-24-31-30-23(37-24)17-8-5-9-18(12-17)34-33-32-25(38-34)29-22(36)14-16-7-2-4-11-20(16)27/h1-4,6-7,10-11,17-18,33H,5,8-9,12-14,26-27H2,(H,28,31,35)(H,29,32,36)/t17?,18-/m0/s1. The van der Waals surface area contributed by atoms with Crippen molar-refractivity contribution in [3.05, 3.63) is 64.7 Å². The van der Waals surface area contributed by atoms with Gasteiger partial charge in [-0.3, -0.25) is 9.59 Å². The van der Waals surface area contributed by atoms with Crippen molar-refractivity contribution in [3.63, 3.8) is 0 Å². The first-order valence-electron chi connectivity index (χ1n) is 12.3. The molecule has 1 aliphatic heterocycles. The molecule has 2 heterocycles. The number of carbonyl (C=O) groups excluding carboxylic acids is 2. The lowest BCUT2D eigenvalue weighted by atomic mass is 9.86. The number of hydrogen-bond acceptors (Lipinski definition) is 11. The number of amides is 2. The number of anilines is 3. The van der Waals surface area contributed by atoms with E-state index >= 15 is 0 Å². The van der Waals surface area contributed by atoms with E-state index < -0.39 is 0 Å². The Bertz CT molecular complexity index is 1350. The van der Waals surface area contributed by atoms with Crippen LogP contribution in [0.3, 0.4) is 0 Å². The highest BCUT2D eigenvalue weighted by Crippen LogP contribution is 2.39. The van der Waals surface area contributed by atoms with Gasteiger partial charge in [0.05, 0.1) is 12.8 Å². The first-order valence-corrected chi connectivity index (χ1v) is 13.9. The Kier molecular flexibility index (Phi) is 8.05. The SMILES string of the molecule is Nc1ccccc1CC(=O)NC1=NNN([C@H]2CCCC(c3nnc(NC(=O)Cc4ccccc4N)s3)C2)S1. The molecule has 3 aromatic rings. The number of rotatable bonds is 7. The number of aromatic nitrogens is 2. The van der Waals surface area contributed by atoms with Gasteiger partial charge in [0.15, 0.2) is 0 Å². The summed E-state index contributed by atoms with van der Waals surface area (Å²) in [5, 5.41) is 20.4. The molecular formula is C25H29N9O2S2. The van der Waals surface area contributed by atoms with Crippen LogP contribution in [0.2, 0.25) is 0 Å². The number of amidine groups is 1. The molecule has 2 amide bonds. The molecule has 0 bridgehead atoms. The molecule has 38 heavy (non-hydrogen) atoms. The predicted molar refractivity (Wildman–Crippen MR) is 151 cm³/mol. The van der Waals surface area contributed by atoms with Crippen LogP contribution in [0.15, 0.2) is 53.6 Å². The van der Waals surface area contributed by atoms with Gasteiger partial charge >= 0.3 is 0 Å². The molecule has 0 radical (unpaired) electrons. The quantitative estimate of drug-likeness (QED) is 0.219. The molecule has 1 unspecified atom stereocenters. The van der Waals surface area contributed by atoms with Crippen LogP contribution in [0.4, 0.5) is 16.5 Å². The second-order valence-corrected chi connectivity index (χ2v) is 11.2. The summed E-state index contributed by atoms with van der Waals surface area (Å²) in [6.07, 6.45) is 4.25. The molecule has 2 aliphatic rings. The van der Waals surface area contributed by atoms with Crippen molar-refractivity contribution in [3.8, 4) is 0 Å². The van der Waals surface area contributed by atoms with E-state index in [0.29, 0.717) is 21.7 Å². The summed E-state index contributed by atoms with van der Waals surface area (Å²) < 4.78 is 1.98. The Morgan fingerprint density at radius 1 is 0.947 bits per heavy atom. The van der Waals surface area contributed by atoms with Crippen LogP contribution in [0, 0.1) is 0 Å². The van der Waals surface area contributed by atoms with Crippen LogP contribution < -0.4 is 27.6 Å². The third-order valence-electron chi connectivity index (χ3n) is 6.51. The van der Waals surface area contributed by atoms with Gasteiger partial charge in [0, 0.05) is 35.3 Å². The van der Waals surface area contributed by atoms with Gasteiger partial charge in [-0.15, -0.1) is 19.7 Å². The maximum atomic E-state index is 12.5. The highest BCUT2D eigenvalue weighted by molar-refractivity contribution is 8.12. The second-order valence-electron chi connectivity index (χ2n) is 9.24. The summed E-state index contributed by atoms with van der Waals surface area (Å²) in [4.78, 5) is 25.0. The molecule has 1 aromatic heterocycles. The smallest absolute Gasteiger partial charge is 0.230 e. The minimum absolute atomic E-state index is 0.169. The molecule has 2 aromatic carbocycles. The van der Waals surface area contributed by atoms with Gasteiger partial charge in [0.1, 0.15) is 5.01 Å². The van der Waals surface area contributed by atoms with Crippen LogP contribution in [0.25, 0.3) is 0 Å². The van der Waals surface area contributed by atoms with E-state index in [0.717, 1.165) is 41.8 Å². The zero-order valence-corrected chi connectivity index (χ0v) is 22.2. The monoisotopic (exact) mass is 551 g/mol. The first kappa shape index (κ1) is 25.9. The molecule has 11 nitrogen and oxygen atoms in total. The fourth-order valence-electron chi connectivity index (χ4n) is 4.55. The second kappa shape index (κ2) is 11.8. The molecule has 5 rings (SSSR count). The average molecular weight is 552 g/mol. The van der Waals surface area contributed by atoms with Gasteiger partial charge in [-0.25, -0.2) is 5.53 Å². The molecule has 0 saturated heterocycles. The summed E-state index contributed by atoms with van der Waals surface area (Å²) in [6.45, 7) is 0. The van der Waals surface area contributed by atoms with Crippen LogP contribution in [-0.4, -0.2) is 37.6 Å². The van der Waals surface area contributed by atoms with E-state index in [2.05, 4.69) is 31.5 Å². The van der Waals surface area contributed by atoms with E-state index in [1.165, 1.54) is 23.3 Å². The van der Waals surface area contributed by atoms with Crippen LogP contribution >= 0.6 is 23.3 Å². The van der Waals surface area contributed by atoms with Crippen molar-refractivity contribution in [2.24, 2.45) is 5.10 Å². The van der Waals surface area contributed by atoms with E-state index in [9.17, 15) is 9.59 Å². The molecule has 2 atom stereocenters. The zero-order chi connectivity index (χ0) is 26.5.